The van der Waals surface area contributed by atoms with Crippen LogP contribution in [0, 0.1) is 12.7 Å². The van der Waals surface area contributed by atoms with Gasteiger partial charge >= 0.3 is 0 Å². The fraction of sp³-hybridized carbons (Fsp3) is 0.231. The van der Waals surface area contributed by atoms with Crippen LogP contribution in [0.15, 0.2) is 30.6 Å². The highest BCUT2D eigenvalue weighted by atomic mass is 19.1. The lowest BCUT2D eigenvalue weighted by atomic mass is 10.2. The summed E-state index contributed by atoms with van der Waals surface area (Å²) in [4.78, 5) is 8.27. The molecular weight excluding hydrogens is 231 g/mol. The summed E-state index contributed by atoms with van der Waals surface area (Å²) >= 11 is 0. The Morgan fingerprint density at radius 1 is 1.22 bits per heavy atom. The SMILES string of the molecule is CNc1ncnc(NCc2cccc(F)c2)c1C. The van der Waals surface area contributed by atoms with Crippen molar-refractivity contribution in [3.8, 4) is 0 Å². The smallest absolute Gasteiger partial charge is 0.134 e. The van der Waals surface area contributed by atoms with Crippen molar-refractivity contribution in [3.63, 3.8) is 0 Å². The van der Waals surface area contributed by atoms with Gasteiger partial charge in [0.25, 0.3) is 0 Å². The van der Waals surface area contributed by atoms with E-state index in [-0.39, 0.29) is 5.82 Å². The third kappa shape index (κ3) is 2.74. The summed E-state index contributed by atoms with van der Waals surface area (Å²) < 4.78 is 13.0. The number of aromatic nitrogens is 2. The number of nitrogens with zero attached hydrogens (tertiary/aromatic N) is 2. The summed E-state index contributed by atoms with van der Waals surface area (Å²) in [6.07, 6.45) is 1.49. The van der Waals surface area contributed by atoms with E-state index >= 15 is 0 Å². The Kier molecular flexibility index (Phi) is 3.72. The van der Waals surface area contributed by atoms with Crippen LogP contribution in [-0.4, -0.2) is 17.0 Å². The molecule has 0 unspecified atom stereocenters. The number of nitrogens with one attached hydrogen (secondary N) is 2. The summed E-state index contributed by atoms with van der Waals surface area (Å²) in [6, 6.07) is 6.49. The monoisotopic (exact) mass is 246 g/mol. The number of hydrogen-bond donors (Lipinski definition) is 2. The van der Waals surface area contributed by atoms with Gasteiger partial charge in [-0.15, -0.1) is 0 Å². The number of rotatable bonds is 4. The average Bonchev–Trinajstić information content (AvgIpc) is 2.38. The van der Waals surface area contributed by atoms with E-state index in [4.69, 9.17) is 0 Å². The Labute approximate surface area is 105 Å². The lowest BCUT2D eigenvalue weighted by Crippen LogP contribution is -2.06. The highest BCUT2D eigenvalue weighted by Gasteiger charge is 2.05. The summed E-state index contributed by atoms with van der Waals surface area (Å²) in [5, 5.41) is 6.17. The van der Waals surface area contributed by atoms with Gasteiger partial charge < -0.3 is 10.6 Å². The van der Waals surface area contributed by atoms with Crippen molar-refractivity contribution in [2.45, 2.75) is 13.5 Å². The number of benzene rings is 1. The van der Waals surface area contributed by atoms with E-state index in [9.17, 15) is 4.39 Å². The van der Waals surface area contributed by atoms with E-state index < -0.39 is 0 Å². The molecule has 0 aliphatic rings. The highest BCUT2D eigenvalue weighted by Crippen LogP contribution is 2.18. The van der Waals surface area contributed by atoms with Gasteiger partial charge in [0.15, 0.2) is 0 Å². The maximum atomic E-state index is 13.0. The van der Waals surface area contributed by atoms with Gasteiger partial charge in [-0.25, -0.2) is 14.4 Å². The van der Waals surface area contributed by atoms with Crippen molar-refractivity contribution in [2.24, 2.45) is 0 Å². The molecule has 2 rings (SSSR count). The lowest BCUT2D eigenvalue weighted by Gasteiger charge is -2.11. The van der Waals surface area contributed by atoms with Crippen molar-refractivity contribution >= 4 is 11.6 Å². The van der Waals surface area contributed by atoms with Gasteiger partial charge in [0.05, 0.1) is 0 Å². The molecule has 0 saturated carbocycles. The molecule has 0 saturated heterocycles. The zero-order chi connectivity index (χ0) is 13.0. The fourth-order valence-corrected chi connectivity index (χ4v) is 1.71. The molecule has 4 nitrogen and oxygen atoms in total. The lowest BCUT2D eigenvalue weighted by molar-refractivity contribution is 0.626. The fourth-order valence-electron chi connectivity index (χ4n) is 1.71. The molecule has 18 heavy (non-hydrogen) atoms. The molecule has 0 fully saturated rings. The van der Waals surface area contributed by atoms with E-state index in [0.29, 0.717) is 6.54 Å². The second-order valence-corrected chi connectivity index (χ2v) is 3.93. The van der Waals surface area contributed by atoms with Crippen LogP contribution in [0.4, 0.5) is 16.0 Å². The van der Waals surface area contributed by atoms with Gasteiger partial charge in [-0.1, -0.05) is 12.1 Å². The average molecular weight is 246 g/mol. The molecule has 0 bridgehead atoms. The Bertz CT molecular complexity index is 542. The molecule has 0 atom stereocenters. The first kappa shape index (κ1) is 12.3. The zero-order valence-electron chi connectivity index (χ0n) is 10.4. The van der Waals surface area contributed by atoms with Crippen LogP contribution >= 0.6 is 0 Å². The third-order valence-electron chi connectivity index (χ3n) is 2.67. The number of halogens is 1. The molecule has 1 aromatic carbocycles. The Hall–Kier alpha value is -2.17. The predicted octanol–water partition coefficient (Wildman–Crippen LogP) is 2.58. The maximum absolute atomic E-state index is 13.0. The van der Waals surface area contributed by atoms with Crippen LogP contribution in [0.5, 0.6) is 0 Å². The van der Waals surface area contributed by atoms with Crippen molar-refractivity contribution in [2.75, 3.05) is 17.7 Å². The van der Waals surface area contributed by atoms with Crippen LogP contribution in [0.3, 0.4) is 0 Å². The minimum atomic E-state index is -0.232. The quantitative estimate of drug-likeness (QED) is 0.870. The number of hydrogen-bond acceptors (Lipinski definition) is 4. The molecule has 2 aromatic rings. The Morgan fingerprint density at radius 3 is 2.72 bits per heavy atom. The molecule has 0 amide bonds. The molecule has 0 spiro atoms. The summed E-state index contributed by atoms with van der Waals surface area (Å²) in [6.45, 7) is 2.46. The molecule has 0 aliphatic carbocycles. The van der Waals surface area contributed by atoms with Gasteiger partial charge in [0.2, 0.25) is 0 Å². The van der Waals surface area contributed by atoms with Gasteiger partial charge in [-0.05, 0) is 24.6 Å². The minimum absolute atomic E-state index is 0.232. The van der Waals surface area contributed by atoms with Crippen molar-refractivity contribution in [1.29, 1.82) is 0 Å². The van der Waals surface area contributed by atoms with Crippen molar-refractivity contribution in [3.05, 3.63) is 47.5 Å². The summed E-state index contributed by atoms with van der Waals surface area (Å²) in [7, 11) is 1.81. The van der Waals surface area contributed by atoms with Gasteiger partial charge in [-0.2, -0.15) is 0 Å². The van der Waals surface area contributed by atoms with Crippen LogP contribution < -0.4 is 10.6 Å². The second-order valence-electron chi connectivity index (χ2n) is 3.93. The summed E-state index contributed by atoms with van der Waals surface area (Å²) in [5.41, 5.74) is 1.82. The van der Waals surface area contributed by atoms with Crippen LogP contribution in [0.25, 0.3) is 0 Å². The standard InChI is InChI=1S/C13H15FN4/c1-9-12(15-2)17-8-18-13(9)16-7-10-4-3-5-11(14)6-10/h3-6,8H,7H2,1-2H3,(H2,15,16,17,18). The minimum Gasteiger partial charge on any atom is -0.373 e. The van der Waals surface area contributed by atoms with Crippen LogP contribution in [-0.2, 0) is 6.54 Å². The van der Waals surface area contributed by atoms with E-state index in [2.05, 4.69) is 20.6 Å². The van der Waals surface area contributed by atoms with E-state index in [1.165, 1.54) is 18.5 Å². The third-order valence-corrected chi connectivity index (χ3v) is 2.67. The van der Waals surface area contributed by atoms with Crippen LogP contribution in [0.1, 0.15) is 11.1 Å². The van der Waals surface area contributed by atoms with Crippen molar-refractivity contribution < 1.29 is 4.39 Å². The predicted molar refractivity (Wildman–Crippen MR) is 70.0 cm³/mol. The van der Waals surface area contributed by atoms with E-state index in [1.54, 1.807) is 6.07 Å². The first-order valence-corrected chi connectivity index (χ1v) is 5.68. The highest BCUT2D eigenvalue weighted by molar-refractivity contribution is 5.56. The molecule has 5 heteroatoms. The molecule has 2 N–H and O–H groups in total. The normalized spacial score (nSPS) is 10.2. The largest absolute Gasteiger partial charge is 0.373 e. The Morgan fingerprint density at radius 2 is 2.00 bits per heavy atom. The Balaban J connectivity index is 2.11. The van der Waals surface area contributed by atoms with E-state index in [0.717, 1.165) is 22.8 Å². The molecule has 0 aliphatic heterocycles. The van der Waals surface area contributed by atoms with E-state index in [1.807, 2.05) is 20.0 Å². The number of anilines is 2. The molecule has 1 heterocycles. The summed E-state index contributed by atoms with van der Waals surface area (Å²) in [5.74, 6) is 1.30. The molecule has 94 valence electrons. The van der Waals surface area contributed by atoms with Gasteiger partial charge in [0, 0.05) is 19.2 Å². The maximum Gasteiger partial charge on any atom is 0.134 e. The van der Waals surface area contributed by atoms with Crippen LogP contribution in [0.2, 0.25) is 0 Å². The first-order valence-electron chi connectivity index (χ1n) is 5.68. The zero-order valence-corrected chi connectivity index (χ0v) is 10.4. The van der Waals surface area contributed by atoms with Gasteiger partial charge in [0.1, 0.15) is 23.8 Å². The van der Waals surface area contributed by atoms with Gasteiger partial charge in [-0.3, -0.25) is 0 Å². The van der Waals surface area contributed by atoms with Crippen molar-refractivity contribution in [1.82, 2.24) is 9.97 Å². The molecule has 0 radical (unpaired) electrons. The topological polar surface area (TPSA) is 49.8 Å². The first-order chi connectivity index (χ1) is 8.70. The molecule has 1 aromatic heterocycles. The molecular formula is C13H15FN4. The second kappa shape index (κ2) is 5.44.